The van der Waals surface area contributed by atoms with Gasteiger partial charge in [-0.25, -0.2) is 0 Å². The Morgan fingerprint density at radius 2 is 1.91 bits per heavy atom. The molecule has 0 bridgehead atoms. The Bertz CT molecular complexity index is 212. The topological polar surface area (TPSA) is 80.9 Å². The molecule has 0 saturated carbocycles. The van der Waals surface area contributed by atoms with Crippen LogP contribution in [0.2, 0.25) is 0 Å². The van der Waals surface area contributed by atoms with Crippen molar-refractivity contribution in [3.63, 3.8) is 0 Å². The molecule has 0 atom stereocenters. The van der Waals surface area contributed by atoms with Gasteiger partial charge in [-0.1, -0.05) is 6.07 Å². The zero-order chi connectivity index (χ0) is 8.43. The number of aliphatic hydroxyl groups is 2. The van der Waals surface area contributed by atoms with Crippen LogP contribution in [0, 0.1) is 0 Å². The van der Waals surface area contributed by atoms with Crippen LogP contribution >= 0.6 is 11.3 Å². The van der Waals surface area contributed by atoms with Gasteiger partial charge in [0, 0.05) is 4.78 Å². The Balaban J connectivity index is 2.82. The molecule has 0 amide bonds. The van der Waals surface area contributed by atoms with Gasteiger partial charge in [-0.05, 0) is 6.07 Å². The van der Waals surface area contributed by atoms with Crippen molar-refractivity contribution in [3.8, 4) is 0 Å². The van der Waals surface area contributed by atoms with Crippen molar-refractivity contribution in [2.45, 2.75) is 6.29 Å². The second-order valence-corrected chi connectivity index (χ2v) is 3.13. The van der Waals surface area contributed by atoms with Crippen molar-refractivity contribution in [1.29, 1.82) is 0 Å². The Morgan fingerprint density at radius 3 is 2.18 bits per heavy atom. The highest BCUT2D eigenvalue weighted by Gasteiger charge is 2.15. The van der Waals surface area contributed by atoms with Gasteiger partial charge in [0.2, 0.25) is 0 Å². The smallest absolute Gasteiger partial charge is 0.423 e. The number of hydrogen-bond donors (Lipinski definition) is 4. The van der Waals surface area contributed by atoms with Crippen LogP contribution in [0.25, 0.3) is 0 Å². The Morgan fingerprint density at radius 1 is 1.27 bits per heavy atom. The first-order valence-corrected chi connectivity index (χ1v) is 3.75. The largest absolute Gasteiger partial charge is 0.499 e. The maximum absolute atomic E-state index is 8.62. The van der Waals surface area contributed by atoms with Crippen LogP contribution in [0.15, 0.2) is 12.1 Å². The summed E-state index contributed by atoms with van der Waals surface area (Å²) in [6, 6.07) is 2.87. The van der Waals surface area contributed by atoms with E-state index in [1.54, 1.807) is 0 Å². The third kappa shape index (κ3) is 2.01. The highest BCUT2D eigenvalue weighted by molar-refractivity contribution is 7.22. The number of aliphatic hydroxyl groups excluding tert-OH is 1. The maximum atomic E-state index is 8.62. The molecular weight excluding hydrogens is 167 g/mol. The first-order valence-electron chi connectivity index (χ1n) is 2.93. The molecule has 4 N–H and O–H groups in total. The molecule has 60 valence electrons. The molecule has 0 aromatic carbocycles. The molecule has 0 aliphatic rings. The van der Waals surface area contributed by atoms with Gasteiger partial charge in [0.25, 0.3) is 0 Å². The van der Waals surface area contributed by atoms with Crippen molar-refractivity contribution in [3.05, 3.63) is 17.0 Å². The lowest BCUT2D eigenvalue weighted by Gasteiger charge is -1.96. The number of rotatable bonds is 2. The van der Waals surface area contributed by atoms with Crippen LogP contribution in [-0.4, -0.2) is 27.4 Å². The number of thiophene rings is 1. The first-order chi connectivity index (χ1) is 5.11. The highest BCUT2D eigenvalue weighted by atomic mass is 32.1. The quantitative estimate of drug-likeness (QED) is 0.322. The zero-order valence-corrected chi connectivity index (χ0v) is 6.32. The minimum Gasteiger partial charge on any atom is -0.423 e. The van der Waals surface area contributed by atoms with E-state index in [4.69, 9.17) is 20.3 Å². The first kappa shape index (κ1) is 8.70. The minimum atomic E-state index is -1.53. The van der Waals surface area contributed by atoms with E-state index in [0.717, 1.165) is 11.3 Å². The maximum Gasteiger partial charge on any atom is 0.499 e. The molecule has 0 spiro atoms. The van der Waals surface area contributed by atoms with Gasteiger partial charge >= 0.3 is 7.12 Å². The lowest BCUT2D eigenvalue weighted by molar-refractivity contribution is -0.0395. The predicted octanol–water partition coefficient (Wildman–Crippen LogP) is -1.59. The third-order valence-electron chi connectivity index (χ3n) is 1.16. The van der Waals surface area contributed by atoms with E-state index in [9.17, 15) is 0 Å². The van der Waals surface area contributed by atoms with Gasteiger partial charge < -0.3 is 20.3 Å². The molecule has 1 heterocycles. The second kappa shape index (κ2) is 3.33. The Kier molecular flexibility index (Phi) is 2.64. The molecule has 4 nitrogen and oxygen atoms in total. The summed E-state index contributed by atoms with van der Waals surface area (Å²) in [4.78, 5) is 0.299. The standard InChI is InChI=1S/C5H7BO4S/c7-5(8)3-1-2-4(11-3)6(9)10/h1-2,5,7-10H. The Labute approximate surface area is 67.5 Å². The molecular formula is C5H7BO4S. The summed E-state index contributed by atoms with van der Waals surface area (Å²) in [5, 5.41) is 34.5. The summed E-state index contributed by atoms with van der Waals surface area (Å²) in [6.45, 7) is 0. The minimum absolute atomic E-state index is 0.299. The number of hydrogen-bond acceptors (Lipinski definition) is 5. The fourth-order valence-electron chi connectivity index (χ4n) is 0.646. The molecule has 0 fully saturated rings. The van der Waals surface area contributed by atoms with Crippen LogP contribution in [0.4, 0.5) is 0 Å². The van der Waals surface area contributed by atoms with Crippen molar-refractivity contribution >= 4 is 23.2 Å². The van der Waals surface area contributed by atoms with E-state index in [-0.39, 0.29) is 0 Å². The molecule has 1 aromatic heterocycles. The monoisotopic (exact) mass is 174 g/mol. The molecule has 0 aliphatic heterocycles. The SMILES string of the molecule is OB(O)c1ccc(C(O)O)s1. The lowest BCUT2D eigenvalue weighted by Crippen LogP contribution is -2.26. The summed E-state index contributed by atoms with van der Waals surface area (Å²) in [6.07, 6.45) is -1.53. The van der Waals surface area contributed by atoms with Crippen molar-refractivity contribution in [1.82, 2.24) is 0 Å². The zero-order valence-electron chi connectivity index (χ0n) is 5.51. The van der Waals surface area contributed by atoms with E-state index >= 15 is 0 Å². The fraction of sp³-hybridized carbons (Fsp3) is 0.200. The van der Waals surface area contributed by atoms with Crippen molar-refractivity contribution in [2.75, 3.05) is 0 Å². The van der Waals surface area contributed by atoms with E-state index in [2.05, 4.69) is 0 Å². The average molecular weight is 174 g/mol. The summed E-state index contributed by atoms with van der Waals surface area (Å²) in [7, 11) is -1.53. The highest BCUT2D eigenvalue weighted by Crippen LogP contribution is 2.14. The summed E-state index contributed by atoms with van der Waals surface area (Å²) < 4.78 is 0.299. The molecule has 6 heteroatoms. The van der Waals surface area contributed by atoms with Crippen LogP contribution in [-0.2, 0) is 0 Å². The summed E-state index contributed by atoms with van der Waals surface area (Å²) in [5.41, 5.74) is 0. The van der Waals surface area contributed by atoms with Gasteiger partial charge in [0.1, 0.15) is 0 Å². The van der Waals surface area contributed by atoms with Crippen LogP contribution in [0.5, 0.6) is 0 Å². The van der Waals surface area contributed by atoms with Crippen molar-refractivity contribution < 1.29 is 20.3 Å². The van der Waals surface area contributed by atoms with E-state index < -0.39 is 13.4 Å². The van der Waals surface area contributed by atoms with E-state index in [1.165, 1.54) is 12.1 Å². The van der Waals surface area contributed by atoms with Crippen LogP contribution in [0.3, 0.4) is 0 Å². The Hall–Kier alpha value is -0.395. The normalized spacial score (nSPS) is 10.6. The molecule has 0 aliphatic carbocycles. The molecule has 1 aromatic rings. The molecule has 0 radical (unpaired) electrons. The molecule has 1 rings (SSSR count). The molecule has 11 heavy (non-hydrogen) atoms. The van der Waals surface area contributed by atoms with Gasteiger partial charge in [0.15, 0.2) is 6.29 Å². The third-order valence-corrected chi connectivity index (χ3v) is 2.32. The van der Waals surface area contributed by atoms with Crippen molar-refractivity contribution in [2.24, 2.45) is 0 Å². The molecule has 0 unspecified atom stereocenters. The van der Waals surface area contributed by atoms with Gasteiger partial charge in [-0.15, -0.1) is 11.3 Å². The average Bonchev–Trinajstić information content (AvgIpc) is 2.33. The summed E-state index contributed by atoms with van der Waals surface area (Å²) >= 11 is 0.949. The van der Waals surface area contributed by atoms with E-state index in [0.29, 0.717) is 9.65 Å². The van der Waals surface area contributed by atoms with Crippen LogP contribution in [0.1, 0.15) is 11.2 Å². The molecule has 0 saturated heterocycles. The van der Waals surface area contributed by atoms with Crippen LogP contribution < -0.4 is 4.78 Å². The second-order valence-electron chi connectivity index (χ2n) is 1.99. The lowest BCUT2D eigenvalue weighted by atomic mass is 9.90. The van der Waals surface area contributed by atoms with E-state index in [1.807, 2.05) is 0 Å². The fourth-order valence-corrected chi connectivity index (χ4v) is 1.40. The van der Waals surface area contributed by atoms with Gasteiger partial charge in [-0.3, -0.25) is 0 Å². The van der Waals surface area contributed by atoms with Gasteiger partial charge in [-0.2, -0.15) is 0 Å². The summed E-state index contributed by atoms with van der Waals surface area (Å²) in [5.74, 6) is 0. The predicted molar refractivity (Wildman–Crippen MR) is 41.3 cm³/mol. The van der Waals surface area contributed by atoms with Gasteiger partial charge in [0.05, 0.1) is 4.88 Å².